The van der Waals surface area contributed by atoms with E-state index in [1.165, 1.54) is 40.2 Å². The van der Waals surface area contributed by atoms with E-state index in [0.29, 0.717) is 28.0 Å². The first-order valence-electron chi connectivity index (χ1n) is 9.62. The molecule has 0 saturated heterocycles. The Morgan fingerprint density at radius 3 is 2.87 bits per heavy atom. The Morgan fingerprint density at radius 1 is 1.29 bits per heavy atom. The van der Waals surface area contributed by atoms with Crippen molar-refractivity contribution in [2.24, 2.45) is 0 Å². The van der Waals surface area contributed by atoms with Crippen LogP contribution in [0.25, 0.3) is 5.69 Å². The van der Waals surface area contributed by atoms with E-state index >= 15 is 0 Å². The molecular formula is C22H20FN3O3S2. The summed E-state index contributed by atoms with van der Waals surface area (Å²) in [6.07, 6.45) is 0.735. The zero-order valence-corrected chi connectivity index (χ0v) is 18.4. The standard InChI is InChI=1S/C22H20FN3O3S2/c1-29-17-4-2-3-16(11-17)26-21(28)20-18(9-10-30-20)25-22(26)31-13-19(27)24-12-14-5-7-15(23)8-6-14/h2-8,11H,9-10,12-13H2,1H3,(H,24,27). The van der Waals surface area contributed by atoms with Crippen LogP contribution in [0.15, 0.2) is 63.4 Å². The quantitative estimate of drug-likeness (QED) is 0.433. The summed E-state index contributed by atoms with van der Waals surface area (Å²) < 4.78 is 19.8. The summed E-state index contributed by atoms with van der Waals surface area (Å²) in [5.74, 6) is 1.04. The lowest BCUT2D eigenvalue weighted by molar-refractivity contribution is -0.118. The molecule has 0 fully saturated rings. The van der Waals surface area contributed by atoms with Crippen LogP contribution < -0.4 is 15.6 Å². The third-order valence-corrected chi connectivity index (χ3v) is 6.76. The molecule has 1 aromatic heterocycles. The van der Waals surface area contributed by atoms with Crippen LogP contribution in [-0.2, 0) is 17.8 Å². The molecule has 2 aromatic carbocycles. The number of halogens is 1. The number of rotatable bonds is 7. The van der Waals surface area contributed by atoms with E-state index in [0.717, 1.165) is 23.4 Å². The number of aryl methyl sites for hydroxylation is 1. The molecule has 0 unspecified atom stereocenters. The first-order chi connectivity index (χ1) is 15.0. The van der Waals surface area contributed by atoms with Crippen molar-refractivity contribution in [1.82, 2.24) is 14.9 Å². The van der Waals surface area contributed by atoms with Crippen molar-refractivity contribution >= 4 is 29.4 Å². The van der Waals surface area contributed by atoms with Crippen LogP contribution >= 0.6 is 23.5 Å². The topological polar surface area (TPSA) is 73.2 Å². The highest BCUT2D eigenvalue weighted by Gasteiger charge is 2.23. The molecule has 0 radical (unpaired) electrons. The van der Waals surface area contributed by atoms with E-state index in [1.54, 1.807) is 31.4 Å². The third-order valence-electron chi connectivity index (χ3n) is 4.71. The first kappa shape index (κ1) is 21.5. The molecule has 31 heavy (non-hydrogen) atoms. The van der Waals surface area contributed by atoms with Gasteiger partial charge in [0, 0.05) is 24.8 Å². The fraction of sp³-hybridized carbons (Fsp3) is 0.227. The molecule has 1 N–H and O–H groups in total. The van der Waals surface area contributed by atoms with Gasteiger partial charge in [-0.1, -0.05) is 30.0 Å². The van der Waals surface area contributed by atoms with Crippen molar-refractivity contribution in [2.75, 3.05) is 18.6 Å². The van der Waals surface area contributed by atoms with Gasteiger partial charge in [-0.05, 0) is 29.8 Å². The number of methoxy groups -OCH3 is 1. The minimum atomic E-state index is -0.318. The Kier molecular flexibility index (Phi) is 6.62. The maximum atomic E-state index is 13.2. The number of thioether (sulfide) groups is 2. The van der Waals surface area contributed by atoms with Gasteiger partial charge in [-0.3, -0.25) is 14.2 Å². The van der Waals surface area contributed by atoms with Crippen LogP contribution in [0.1, 0.15) is 11.3 Å². The zero-order valence-electron chi connectivity index (χ0n) is 16.8. The van der Waals surface area contributed by atoms with Gasteiger partial charge in [-0.25, -0.2) is 9.37 Å². The fourth-order valence-electron chi connectivity index (χ4n) is 3.15. The van der Waals surface area contributed by atoms with Crippen molar-refractivity contribution in [2.45, 2.75) is 23.0 Å². The van der Waals surface area contributed by atoms with Crippen LogP contribution in [0.2, 0.25) is 0 Å². The Morgan fingerprint density at radius 2 is 2.10 bits per heavy atom. The highest BCUT2D eigenvalue weighted by Crippen LogP contribution is 2.30. The molecule has 160 valence electrons. The van der Waals surface area contributed by atoms with Gasteiger partial charge in [0.15, 0.2) is 5.16 Å². The third kappa shape index (κ3) is 4.94. The minimum absolute atomic E-state index is 0.101. The van der Waals surface area contributed by atoms with Crippen LogP contribution in [-0.4, -0.2) is 34.1 Å². The molecule has 0 atom stereocenters. The van der Waals surface area contributed by atoms with Gasteiger partial charge in [0.05, 0.1) is 29.1 Å². The van der Waals surface area contributed by atoms with Crippen LogP contribution in [0.5, 0.6) is 5.75 Å². The molecule has 4 rings (SSSR count). The SMILES string of the molecule is COc1cccc(-n2c(SCC(=O)NCc3ccc(F)cc3)nc3c(c2=O)SCC3)c1. The molecule has 0 aliphatic carbocycles. The van der Waals surface area contributed by atoms with Crippen molar-refractivity contribution in [3.8, 4) is 11.4 Å². The average Bonchev–Trinajstić information content (AvgIpc) is 3.26. The number of hydrogen-bond acceptors (Lipinski definition) is 6. The van der Waals surface area contributed by atoms with Crippen LogP contribution in [0, 0.1) is 5.82 Å². The second-order valence-electron chi connectivity index (χ2n) is 6.80. The number of benzene rings is 2. The van der Waals surface area contributed by atoms with Gasteiger partial charge in [0.25, 0.3) is 5.56 Å². The summed E-state index contributed by atoms with van der Waals surface area (Å²) in [6.45, 7) is 0.302. The van der Waals surface area contributed by atoms with E-state index in [-0.39, 0.29) is 23.0 Å². The maximum Gasteiger partial charge on any atom is 0.272 e. The van der Waals surface area contributed by atoms with Gasteiger partial charge in [0.2, 0.25) is 5.91 Å². The van der Waals surface area contributed by atoms with E-state index in [2.05, 4.69) is 10.3 Å². The molecule has 0 saturated carbocycles. The lowest BCUT2D eigenvalue weighted by Crippen LogP contribution is -2.27. The second kappa shape index (κ2) is 9.57. The molecule has 3 aromatic rings. The van der Waals surface area contributed by atoms with Gasteiger partial charge in [-0.2, -0.15) is 0 Å². The van der Waals surface area contributed by atoms with E-state index < -0.39 is 0 Å². The van der Waals surface area contributed by atoms with Crippen molar-refractivity contribution in [1.29, 1.82) is 0 Å². The smallest absolute Gasteiger partial charge is 0.272 e. The molecule has 0 spiro atoms. The second-order valence-corrected chi connectivity index (χ2v) is 8.85. The zero-order chi connectivity index (χ0) is 21.8. The molecule has 2 heterocycles. The van der Waals surface area contributed by atoms with Gasteiger partial charge >= 0.3 is 0 Å². The van der Waals surface area contributed by atoms with Gasteiger partial charge in [0.1, 0.15) is 11.6 Å². The Bertz CT molecular complexity index is 1170. The summed E-state index contributed by atoms with van der Waals surface area (Å²) in [5, 5.41) is 3.28. The fourth-order valence-corrected chi connectivity index (χ4v) is 5.03. The summed E-state index contributed by atoms with van der Waals surface area (Å²) in [5.41, 5.74) is 2.10. The molecule has 9 heteroatoms. The predicted molar refractivity (Wildman–Crippen MR) is 120 cm³/mol. The minimum Gasteiger partial charge on any atom is -0.497 e. The molecule has 1 amide bonds. The highest BCUT2D eigenvalue weighted by atomic mass is 32.2. The molecule has 6 nitrogen and oxygen atoms in total. The summed E-state index contributed by atoms with van der Waals surface area (Å²) in [7, 11) is 1.57. The number of carbonyl (C=O) groups is 1. The molecule has 1 aliphatic rings. The molecule has 0 bridgehead atoms. The number of hydrogen-bond donors (Lipinski definition) is 1. The van der Waals surface area contributed by atoms with Crippen molar-refractivity contribution in [3.63, 3.8) is 0 Å². The maximum absolute atomic E-state index is 13.2. The lowest BCUT2D eigenvalue weighted by Gasteiger charge is -2.14. The largest absolute Gasteiger partial charge is 0.497 e. The van der Waals surface area contributed by atoms with Gasteiger partial charge in [-0.15, -0.1) is 11.8 Å². The molecule has 1 aliphatic heterocycles. The number of fused-ring (bicyclic) bond motifs is 1. The average molecular weight is 458 g/mol. The van der Waals surface area contributed by atoms with Gasteiger partial charge < -0.3 is 10.1 Å². The number of amides is 1. The lowest BCUT2D eigenvalue weighted by atomic mass is 10.2. The highest BCUT2D eigenvalue weighted by molar-refractivity contribution is 8.00. The summed E-state index contributed by atoms with van der Waals surface area (Å²) >= 11 is 2.72. The Hall–Kier alpha value is -2.78. The molecular weight excluding hydrogens is 437 g/mol. The predicted octanol–water partition coefficient (Wildman–Crippen LogP) is 3.44. The number of ether oxygens (including phenoxy) is 1. The van der Waals surface area contributed by atoms with E-state index in [4.69, 9.17) is 4.74 Å². The van der Waals surface area contributed by atoms with Crippen LogP contribution in [0.3, 0.4) is 0 Å². The van der Waals surface area contributed by atoms with Crippen LogP contribution in [0.4, 0.5) is 4.39 Å². The number of carbonyl (C=O) groups excluding carboxylic acids is 1. The van der Waals surface area contributed by atoms with Crippen molar-refractivity contribution in [3.05, 3.63) is 76.0 Å². The summed E-state index contributed by atoms with van der Waals surface area (Å²) in [6, 6.07) is 13.2. The van der Waals surface area contributed by atoms with E-state index in [9.17, 15) is 14.0 Å². The van der Waals surface area contributed by atoms with Crippen molar-refractivity contribution < 1.29 is 13.9 Å². The monoisotopic (exact) mass is 457 g/mol. The number of nitrogens with one attached hydrogen (secondary N) is 1. The normalized spacial score (nSPS) is 12.5. The summed E-state index contributed by atoms with van der Waals surface area (Å²) in [4.78, 5) is 30.9. The first-order valence-corrected chi connectivity index (χ1v) is 11.6. The Labute approximate surface area is 187 Å². The Balaban J connectivity index is 1.54. The van der Waals surface area contributed by atoms with E-state index in [1.807, 2.05) is 12.1 Å². The number of nitrogens with zero attached hydrogens (tertiary/aromatic N) is 2. The number of aromatic nitrogens is 2.